The SMILES string of the molecule is CC(C)N1CCN(c2ccc(C(=O)NC3CCCCC3O)cc2)CC1. The van der Waals surface area contributed by atoms with Gasteiger partial charge < -0.3 is 15.3 Å². The van der Waals surface area contributed by atoms with E-state index in [4.69, 9.17) is 0 Å². The van der Waals surface area contributed by atoms with Crippen molar-refractivity contribution in [2.45, 2.75) is 57.7 Å². The summed E-state index contributed by atoms with van der Waals surface area (Å²) in [6.07, 6.45) is 3.36. The van der Waals surface area contributed by atoms with E-state index >= 15 is 0 Å². The summed E-state index contributed by atoms with van der Waals surface area (Å²) < 4.78 is 0. The molecule has 1 saturated heterocycles. The van der Waals surface area contributed by atoms with Gasteiger partial charge in [-0.2, -0.15) is 0 Å². The number of rotatable bonds is 4. The van der Waals surface area contributed by atoms with Crippen molar-refractivity contribution in [1.82, 2.24) is 10.2 Å². The van der Waals surface area contributed by atoms with Gasteiger partial charge in [0, 0.05) is 43.5 Å². The second kappa shape index (κ2) is 8.19. The molecule has 0 aromatic heterocycles. The molecule has 1 aliphatic carbocycles. The number of anilines is 1. The van der Waals surface area contributed by atoms with Gasteiger partial charge in [-0.3, -0.25) is 9.69 Å². The highest BCUT2D eigenvalue weighted by molar-refractivity contribution is 5.94. The van der Waals surface area contributed by atoms with Gasteiger partial charge in [-0.1, -0.05) is 12.8 Å². The van der Waals surface area contributed by atoms with Crippen LogP contribution in [0.4, 0.5) is 5.69 Å². The van der Waals surface area contributed by atoms with Gasteiger partial charge in [0.15, 0.2) is 0 Å². The van der Waals surface area contributed by atoms with Crippen molar-refractivity contribution in [2.75, 3.05) is 31.1 Å². The standard InChI is InChI=1S/C20H31N3O2/c1-15(2)22-11-13-23(14-12-22)17-9-7-16(8-10-17)20(25)21-18-5-3-4-6-19(18)24/h7-10,15,18-19,24H,3-6,11-14H2,1-2H3,(H,21,25). The van der Waals surface area contributed by atoms with Crippen LogP contribution in [0.5, 0.6) is 0 Å². The molecule has 1 saturated carbocycles. The molecule has 1 heterocycles. The summed E-state index contributed by atoms with van der Waals surface area (Å²) in [4.78, 5) is 17.3. The minimum Gasteiger partial charge on any atom is -0.391 e. The van der Waals surface area contributed by atoms with Gasteiger partial charge in [-0.05, 0) is 51.0 Å². The van der Waals surface area contributed by atoms with Crippen LogP contribution in [0.15, 0.2) is 24.3 Å². The molecule has 1 aromatic rings. The number of aliphatic hydroxyl groups is 1. The third-order valence-corrected chi connectivity index (χ3v) is 5.59. The first kappa shape index (κ1) is 18.2. The second-order valence-electron chi connectivity index (χ2n) is 7.60. The molecule has 0 bridgehead atoms. The quantitative estimate of drug-likeness (QED) is 0.879. The predicted octanol–water partition coefficient (Wildman–Crippen LogP) is 2.25. The van der Waals surface area contributed by atoms with E-state index in [0.717, 1.165) is 51.9 Å². The molecule has 1 amide bonds. The molecule has 2 aliphatic rings. The average molecular weight is 345 g/mol. The minimum absolute atomic E-state index is 0.0814. The number of nitrogens with one attached hydrogen (secondary N) is 1. The fourth-order valence-electron chi connectivity index (χ4n) is 3.85. The Morgan fingerprint density at radius 1 is 1.08 bits per heavy atom. The lowest BCUT2D eigenvalue weighted by Gasteiger charge is -2.38. The number of carbonyl (C=O) groups excluding carboxylic acids is 1. The zero-order valence-electron chi connectivity index (χ0n) is 15.4. The molecule has 2 atom stereocenters. The molecule has 2 N–H and O–H groups in total. The summed E-state index contributed by atoms with van der Waals surface area (Å²) in [5.41, 5.74) is 1.85. The predicted molar refractivity (Wildman–Crippen MR) is 101 cm³/mol. The molecular weight excluding hydrogens is 314 g/mol. The molecular formula is C20H31N3O2. The first-order chi connectivity index (χ1) is 12.0. The van der Waals surface area contributed by atoms with Gasteiger partial charge in [0.2, 0.25) is 0 Å². The van der Waals surface area contributed by atoms with Crippen LogP contribution < -0.4 is 10.2 Å². The number of carbonyl (C=O) groups is 1. The van der Waals surface area contributed by atoms with Crippen LogP contribution in [0.1, 0.15) is 49.9 Å². The Bertz CT molecular complexity index is 565. The van der Waals surface area contributed by atoms with Gasteiger partial charge in [-0.15, -0.1) is 0 Å². The van der Waals surface area contributed by atoms with Crippen LogP contribution in [0.3, 0.4) is 0 Å². The van der Waals surface area contributed by atoms with E-state index in [0.29, 0.717) is 11.6 Å². The number of nitrogens with zero attached hydrogens (tertiary/aromatic N) is 2. The molecule has 2 fully saturated rings. The summed E-state index contributed by atoms with van der Waals surface area (Å²) in [6, 6.07) is 8.37. The first-order valence-corrected chi connectivity index (χ1v) is 9.62. The van der Waals surface area contributed by atoms with Crippen molar-refractivity contribution >= 4 is 11.6 Å². The second-order valence-corrected chi connectivity index (χ2v) is 7.60. The molecule has 1 aromatic carbocycles. The number of piperazine rings is 1. The fourth-order valence-corrected chi connectivity index (χ4v) is 3.85. The van der Waals surface area contributed by atoms with E-state index in [9.17, 15) is 9.90 Å². The number of hydrogen-bond acceptors (Lipinski definition) is 4. The zero-order chi connectivity index (χ0) is 17.8. The number of aliphatic hydroxyl groups excluding tert-OH is 1. The topological polar surface area (TPSA) is 55.8 Å². The van der Waals surface area contributed by atoms with Crippen LogP contribution in [0, 0.1) is 0 Å². The Hall–Kier alpha value is -1.59. The molecule has 25 heavy (non-hydrogen) atoms. The smallest absolute Gasteiger partial charge is 0.251 e. The van der Waals surface area contributed by atoms with Crippen LogP contribution in [-0.4, -0.2) is 60.3 Å². The lowest BCUT2D eigenvalue weighted by Crippen LogP contribution is -2.48. The third kappa shape index (κ3) is 4.53. The summed E-state index contributed by atoms with van der Waals surface area (Å²) in [6.45, 7) is 8.70. The van der Waals surface area contributed by atoms with Crippen molar-refractivity contribution in [3.05, 3.63) is 29.8 Å². The van der Waals surface area contributed by atoms with Crippen molar-refractivity contribution in [2.24, 2.45) is 0 Å². The highest BCUT2D eigenvalue weighted by Crippen LogP contribution is 2.20. The van der Waals surface area contributed by atoms with Gasteiger partial charge in [0.25, 0.3) is 5.91 Å². The third-order valence-electron chi connectivity index (χ3n) is 5.59. The van der Waals surface area contributed by atoms with Crippen molar-refractivity contribution in [1.29, 1.82) is 0 Å². The molecule has 5 heteroatoms. The Morgan fingerprint density at radius 2 is 1.72 bits per heavy atom. The highest BCUT2D eigenvalue weighted by Gasteiger charge is 2.25. The van der Waals surface area contributed by atoms with Crippen LogP contribution >= 0.6 is 0 Å². The summed E-state index contributed by atoms with van der Waals surface area (Å²) in [7, 11) is 0. The van der Waals surface area contributed by atoms with Gasteiger partial charge in [0.1, 0.15) is 0 Å². The lowest BCUT2D eigenvalue weighted by molar-refractivity contribution is 0.0717. The number of hydrogen-bond donors (Lipinski definition) is 2. The summed E-state index contributed by atoms with van der Waals surface area (Å²) >= 11 is 0. The average Bonchev–Trinajstić information content (AvgIpc) is 2.64. The molecule has 3 rings (SSSR count). The summed E-state index contributed by atoms with van der Waals surface area (Å²) in [5.74, 6) is -0.0814. The lowest BCUT2D eigenvalue weighted by atomic mass is 9.92. The minimum atomic E-state index is -0.408. The molecule has 0 radical (unpaired) electrons. The molecule has 5 nitrogen and oxygen atoms in total. The van der Waals surface area contributed by atoms with E-state index in [-0.39, 0.29) is 11.9 Å². The molecule has 0 spiro atoms. The molecule has 2 unspecified atom stereocenters. The molecule has 1 aliphatic heterocycles. The Morgan fingerprint density at radius 3 is 2.32 bits per heavy atom. The van der Waals surface area contributed by atoms with Crippen molar-refractivity contribution < 1.29 is 9.90 Å². The van der Waals surface area contributed by atoms with E-state index in [1.165, 1.54) is 5.69 Å². The van der Waals surface area contributed by atoms with E-state index < -0.39 is 6.10 Å². The van der Waals surface area contributed by atoms with Crippen molar-refractivity contribution in [3.63, 3.8) is 0 Å². The monoisotopic (exact) mass is 345 g/mol. The Labute approximate surface area is 151 Å². The highest BCUT2D eigenvalue weighted by atomic mass is 16.3. The zero-order valence-corrected chi connectivity index (χ0v) is 15.4. The first-order valence-electron chi connectivity index (χ1n) is 9.62. The number of benzene rings is 1. The van der Waals surface area contributed by atoms with Crippen LogP contribution in [0.2, 0.25) is 0 Å². The maximum Gasteiger partial charge on any atom is 0.251 e. The van der Waals surface area contributed by atoms with E-state index in [1.807, 2.05) is 24.3 Å². The Balaban J connectivity index is 1.56. The maximum atomic E-state index is 12.4. The number of amides is 1. The fraction of sp³-hybridized carbons (Fsp3) is 0.650. The molecule has 138 valence electrons. The van der Waals surface area contributed by atoms with E-state index in [2.05, 4.69) is 29.0 Å². The largest absolute Gasteiger partial charge is 0.391 e. The van der Waals surface area contributed by atoms with Gasteiger partial charge in [0.05, 0.1) is 12.1 Å². The van der Waals surface area contributed by atoms with E-state index in [1.54, 1.807) is 0 Å². The summed E-state index contributed by atoms with van der Waals surface area (Å²) in [5, 5.41) is 13.0. The van der Waals surface area contributed by atoms with Crippen LogP contribution in [0.25, 0.3) is 0 Å². The van der Waals surface area contributed by atoms with Gasteiger partial charge >= 0.3 is 0 Å². The Kier molecular flexibility index (Phi) is 5.97. The maximum absolute atomic E-state index is 12.4. The van der Waals surface area contributed by atoms with Crippen LogP contribution in [-0.2, 0) is 0 Å². The van der Waals surface area contributed by atoms with Crippen molar-refractivity contribution in [3.8, 4) is 0 Å². The van der Waals surface area contributed by atoms with Gasteiger partial charge in [-0.25, -0.2) is 0 Å². The normalized spacial score (nSPS) is 25.2.